The molecular weight excluding hydrogens is 339 g/mol. The van der Waals surface area contributed by atoms with Gasteiger partial charge in [0.15, 0.2) is 0 Å². The van der Waals surface area contributed by atoms with Crippen molar-refractivity contribution in [2.75, 3.05) is 9.96 Å². The first-order valence-corrected chi connectivity index (χ1v) is 7.60. The number of carbonyl (C=O) groups excluding carboxylic acids is 2. The van der Waals surface area contributed by atoms with Crippen molar-refractivity contribution in [3.63, 3.8) is 0 Å². The van der Waals surface area contributed by atoms with Crippen LogP contribution in [0, 0.1) is 0 Å². The van der Waals surface area contributed by atoms with Gasteiger partial charge in [0.25, 0.3) is 5.91 Å². The summed E-state index contributed by atoms with van der Waals surface area (Å²) in [6.07, 6.45) is -0.161. The highest BCUT2D eigenvalue weighted by Crippen LogP contribution is 2.37. The first kappa shape index (κ1) is 15.8. The Bertz CT molecular complexity index is 747. The molecule has 3 rings (SSSR count). The van der Waals surface area contributed by atoms with E-state index in [0.717, 1.165) is 9.96 Å². The van der Waals surface area contributed by atoms with Crippen LogP contribution in [-0.2, 0) is 9.59 Å². The van der Waals surface area contributed by atoms with E-state index in [4.69, 9.17) is 23.2 Å². The van der Waals surface area contributed by atoms with Gasteiger partial charge in [-0.1, -0.05) is 47.5 Å². The van der Waals surface area contributed by atoms with Gasteiger partial charge in [0.05, 0.1) is 27.8 Å². The Balaban J connectivity index is 1.95. The van der Waals surface area contributed by atoms with E-state index in [0.29, 0.717) is 5.69 Å². The summed E-state index contributed by atoms with van der Waals surface area (Å²) in [4.78, 5) is 25.8. The molecule has 5 nitrogen and oxygen atoms in total. The zero-order chi connectivity index (χ0) is 16.6. The zero-order valence-corrected chi connectivity index (χ0v) is 13.3. The van der Waals surface area contributed by atoms with Crippen molar-refractivity contribution in [3.05, 3.63) is 58.6 Å². The molecule has 0 bridgehead atoms. The third-order valence-corrected chi connectivity index (χ3v) is 4.21. The fourth-order valence-corrected chi connectivity index (χ4v) is 3.07. The molecule has 0 radical (unpaired) electrons. The molecule has 0 aliphatic carbocycles. The summed E-state index contributed by atoms with van der Waals surface area (Å²) >= 11 is 12.2. The van der Waals surface area contributed by atoms with E-state index >= 15 is 0 Å². The van der Waals surface area contributed by atoms with Crippen LogP contribution in [0.15, 0.2) is 48.5 Å². The number of halogens is 2. The topological polar surface area (TPSA) is 60.9 Å². The normalized spacial score (nSPS) is 17.7. The number of hydroxylamine groups is 1. The summed E-state index contributed by atoms with van der Waals surface area (Å²) in [5.74, 6) is -1.04. The van der Waals surface area contributed by atoms with Gasteiger partial charge in [-0.15, -0.1) is 0 Å². The van der Waals surface area contributed by atoms with Gasteiger partial charge in [-0.2, -0.15) is 0 Å². The Morgan fingerprint density at radius 3 is 2.22 bits per heavy atom. The van der Waals surface area contributed by atoms with Gasteiger partial charge in [-0.25, -0.2) is 9.96 Å². The minimum atomic E-state index is -1.02. The Morgan fingerprint density at radius 2 is 1.61 bits per heavy atom. The lowest BCUT2D eigenvalue weighted by molar-refractivity contribution is -0.121. The Kier molecular flexibility index (Phi) is 4.26. The number of nitrogens with zero attached hydrogens (tertiary/aromatic N) is 2. The van der Waals surface area contributed by atoms with Gasteiger partial charge in [0.1, 0.15) is 6.04 Å². The molecule has 2 aromatic carbocycles. The molecule has 1 aliphatic rings. The van der Waals surface area contributed by atoms with E-state index in [1.54, 1.807) is 48.5 Å². The Hall–Kier alpha value is -2.08. The average Bonchev–Trinajstić information content (AvgIpc) is 2.83. The second kappa shape index (κ2) is 6.20. The summed E-state index contributed by atoms with van der Waals surface area (Å²) < 4.78 is 0. The predicted octanol–water partition coefficient (Wildman–Crippen LogP) is 3.52. The van der Waals surface area contributed by atoms with Gasteiger partial charge >= 0.3 is 0 Å². The van der Waals surface area contributed by atoms with E-state index < -0.39 is 17.9 Å². The zero-order valence-electron chi connectivity index (χ0n) is 11.8. The number of carbonyl (C=O) groups is 2. The van der Waals surface area contributed by atoms with Crippen LogP contribution < -0.4 is 9.96 Å². The number of benzene rings is 2. The van der Waals surface area contributed by atoms with E-state index in [1.165, 1.54) is 0 Å². The lowest BCUT2D eigenvalue weighted by Gasteiger charge is -2.23. The third kappa shape index (κ3) is 2.79. The molecule has 0 spiro atoms. The molecule has 7 heteroatoms. The number of hydrogen-bond acceptors (Lipinski definition) is 4. The summed E-state index contributed by atoms with van der Waals surface area (Å²) in [5, 5.41) is 11.5. The van der Waals surface area contributed by atoms with Gasteiger partial charge in [-0.3, -0.25) is 14.8 Å². The fourth-order valence-electron chi connectivity index (χ4n) is 2.51. The molecule has 1 fully saturated rings. The lowest BCUT2D eigenvalue weighted by atomic mass is 10.2. The summed E-state index contributed by atoms with van der Waals surface area (Å²) in [7, 11) is 0. The van der Waals surface area contributed by atoms with Crippen LogP contribution in [0.5, 0.6) is 0 Å². The number of anilines is 2. The monoisotopic (exact) mass is 350 g/mol. The predicted molar refractivity (Wildman–Crippen MR) is 88.1 cm³/mol. The second-order valence-corrected chi connectivity index (χ2v) is 5.85. The molecular formula is C16H12Cl2N2O3. The van der Waals surface area contributed by atoms with E-state index in [9.17, 15) is 14.8 Å². The molecule has 1 heterocycles. The van der Waals surface area contributed by atoms with Crippen LogP contribution >= 0.6 is 23.2 Å². The Labute approximate surface area is 142 Å². The van der Waals surface area contributed by atoms with Crippen LogP contribution in [0.4, 0.5) is 11.4 Å². The maximum atomic E-state index is 12.6. The maximum absolute atomic E-state index is 12.6. The standard InChI is InChI=1S/C16H12Cl2N2O3/c17-11-7-4-8-12(18)15(11)19-14(21)9-13(16(19)22)20(23)10-5-2-1-3-6-10/h1-8,13,23H,9H2/t13-/m0/s1. The van der Waals surface area contributed by atoms with Crippen molar-refractivity contribution in [2.24, 2.45) is 0 Å². The Morgan fingerprint density at radius 1 is 1.00 bits per heavy atom. The smallest absolute Gasteiger partial charge is 0.259 e. The fraction of sp³-hybridized carbons (Fsp3) is 0.125. The van der Waals surface area contributed by atoms with Crippen LogP contribution in [0.2, 0.25) is 10.0 Å². The SMILES string of the molecule is O=C1C[C@H](N(O)c2ccccc2)C(=O)N1c1c(Cl)cccc1Cl. The van der Waals surface area contributed by atoms with Gasteiger partial charge in [-0.05, 0) is 24.3 Å². The molecule has 0 unspecified atom stereocenters. The number of rotatable bonds is 3. The van der Waals surface area contributed by atoms with Crippen LogP contribution in [0.25, 0.3) is 0 Å². The van der Waals surface area contributed by atoms with Crippen LogP contribution in [0.1, 0.15) is 6.42 Å². The highest BCUT2D eigenvalue weighted by atomic mass is 35.5. The number of hydrogen-bond donors (Lipinski definition) is 1. The van der Waals surface area contributed by atoms with E-state index in [2.05, 4.69) is 0 Å². The van der Waals surface area contributed by atoms with Crippen molar-refractivity contribution in [1.82, 2.24) is 0 Å². The highest BCUT2D eigenvalue weighted by molar-refractivity contribution is 6.42. The first-order valence-electron chi connectivity index (χ1n) is 6.84. The summed E-state index contributed by atoms with van der Waals surface area (Å²) in [6.45, 7) is 0. The third-order valence-electron chi connectivity index (χ3n) is 3.60. The van der Waals surface area contributed by atoms with Crippen molar-refractivity contribution in [1.29, 1.82) is 0 Å². The average molecular weight is 351 g/mol. The molecule has 0 saturated carbocycles. The number of para-hydroxylation sites is 2. The molecule has 23 heavy (non-hydrogen) atoms. The quantitative estimate of drug-likeness (QED) is 0.679. The van der Waals surface area contributed by atoms with Crippen molar-refractivity contribution in [2.45, 2.75) is 12.5 Å². The molecule has 2 amide bonds. The first-order chi connectivity index (χ1) is 11.0. The van der Waals surface area contributed by atoms with Gasteiger partial charge < -0.3 is 0 Å². The molecule has 1 aliphatic heterocycles. The molecule has 1 atom stereocenters. The van der Waals surface area contributed by atoms with Gasteiger partial charge in [0, 0.05) is 0 Å². The molecule has 1 N–H and O–H groups in total. The molecule has 2 aromatic rings. The van der Waals surface area contributed by atoms with Gasteiger partial charge in [0.2, 0.25) is 5.91 Å². The van der Waals surface area contributed by atoms with E-state index in [1.807, 2.05) is 0 Å². The highest BCUT2D eigenvalue weighted by Gasteiger charge is 2.44. The number of amides is 2. The minimum Gasteiger partial charge on any atom is -0.288 e. The van der Waals surface area contributed by atoms with Crippen molar-refractivity contribution in [3.8, 4) is 0 Å². The molecule has 1 saturated heterocycles. The van der Waals surface area contributed by atoms with E-state index in [-0.39, 0.29) is 22.2 Å². The minimum absolute atomic E-state index is 0.148. The lowest BCUT2D eigenvalue weighted by Crippen LogP contribution is -2.40. The maximum Gasteiger partial charge on any atom is 0.259 e. The van der Waals surface area contributed by atoms with Crippen molar-refractivity contribution >= 4 is 46.4 Å². The number of imide groups is 1. The molecule has 118 valence electrons. The van der Waals surface area contributed by atoms with Crippen molar-refractivity contribution < 1.29 is 14.8 Å². The van der Waals surface area contributed by atoms with Crippen LogP contribution in [-0.4, -0.2) is 23.1 Å². The summed E-state index contributed by atoms with van der Waals surface area (Å²) in [5.41, 5.74) is 0.570. The van der Waals surface area contributed by atoms with Crippen LogP contribution in [0.3, 0.4) is 0 Å². The largest absolute Gasteiger partial charge is 0.288 e. The second-order valence-electron chi connectivity index (χ2n) is 5.04. The summed E-state index contributed by atoms with van der Waals surface area (Å²) in [6, 6.07) is 12.2. The molecule has 0 aromatic heterocycles.